The van der Waals surface area contributed by atoms with E-state index in [-0.39, 0.29) is 0 Å². The first-order chi connectivity index (χ1) is 10.0. The molecule has 3 aromatic rings. The molecule has 0 unspecified atom stereocenters. The van der Waals surface area contributed by atoms with Crippen LogP contribution in [0.5, 0.6) is 0 Å². The Morgan fingerprint density at radius 1 is 1.29 bits per heavy atom. The first-order valence-electron chi connectivity index (χ1n) is 6.39. The van der Waals surface area contributed by atoms with Crippen molar-refractivity contribution in [3.63, 3.8) is 0 Å². The van der Waals surface area contributed by atoms with Crippen molar-refractivity contribution in [2.45, 2.75) is 6.42 Å². The zero-order valence-electron chi connectivity index (χ0n) is 11.4. The molecule has 2 heterocycles. The molecule has 1 aromatic carbocycles. The van der Waals surface area contributed by atoms with Crippen LogP contribution >= 0.6 is 11.6 Å². The van der Waals surface area contributed by atoms with Gasteiger partial charge in [-0.2, -0.15) is 0 Å². The van der Waals surface area contributed by atoms with Crippen molar-refractivity contribution in [2.75, 3.05) is 0 Å². The molecule has 0 atom stereocenters. The minimum atomic E-state index is -0.481. The molecule has 2 N–H and O–H groups in total. The maximum Gasteiger partial charge on any atom is 0.266 e. The largest absolute Gasteiger partial charge is 0.364 e. The van der Waals surface area contributed by atoms with Crippen LogP contribution in [0.25, 0.3) is 10.9 Å². The molecule has 0 radical (unpaired) electrons. The number of carbonyl (C=O) groups is 1. The summed E-state index contributed by atoms with van der Waals surface area (Å²) in [5.41, 5.74) is 7.64. The quantitative estimate of drug-likeness (QED) is 0.806. The standard InChI is InChI=1S/C15H13ClN4O/c1-20-13(15(17)21)8-19-14(20)5-9-2-3-12-10(4-9)6-11(16)7-18-12/h2-4,6-8H,5H2,1H3,(H2,17,21). The molecule has 0 aliphatic heterocycles. The van der Waals surface area contributed by atoms with Crippen molar-refractivity contribution in [3.8, 4) is 0 Å². The molecule has 0 aliphatic carbocycles. The molecule has 0 spiro atoms. The second kappa shape index (κ2) is 5.18. The molecule has 0 saturated heterocycles. The topological polar surface area (TPSA) is 73.8 Å². The van der Waals surface area contributed by atoms with Crippen LogP contribution in [0, 0.1) is 0 Å². The number of nitrogens with two attached hydrogens (primary N) is 1. The fourth-order valence-corrected chi connectivity index (χ4v) is 2.45. The molecular weight excluding hydrogens is 288 g/mol. The molecule has 0 aliphatic rings. The smallest absolute Gasteiger partial charge is 0.266 e. The predicted molar refractivity (Wildman–Crippen MR) is 81.3 cm³/mol. The number of halogens is 1. The lowest BCUT2D eigenvalue weighted by Crippen LogP contribution is -2.16. The number of amides is 1. The summed E-state index contributed by atoms with van der Waals surface area (Å²) < 4.78 is 1.71. The Labute approximate surface area is 126 Å². The van der Waals surface area contributed by atoms with E-state index in [1.165, 1.54) is 6.20 Å². The Kier molecular flexibility index (Phi) is 3.35. The lowest BCUT2D eigenvalue weighted by atomic mass is 10.1. The van der Waals surface area contributed by atoms with Gasteiger partial charge < -0.3 is 10.3 Å². The molecule has 0 saturated carbocycles. The normalized spacial score (nSPS) is 11.0. The van der Waals surface area contributed by atoms with Crippen molar-refractivity contribution in [2.24, 2.45) is 12.8 Å². The molecule has 3 rings (SSSR count). The summed E-state index contributed by atoms with van der Waals surface area (Å²) in [7, 11) is 1.78. The van der Waals surface area contributed by atoms with Gasteiger partial charge in [0.25, 0.3) is 5.91 Å². The Morgan fingerprint density at radius 2 is 2.10 bits per heavy atom. The van der Waals surface area contributed by atoms with Gasteiger partial charge in [-0.3, -0.25) is 9.78 Å². The minimum absolute atomic E-state index is 0.399. The number of aromatic nitrogens is 3. The highest BCUT2D eigenvalue weighted by atomic mass is 35.5. The number of primary amides is 1. The summed E-state index contributed by atoms with van der Waals surface area (Å²) in [6, 6.07) is 7.83. The highest BCUT2D eigenvalue weighted by Crippen LogP contribution is 2.19. The third kappa shape index (κ3) is 2.60. The van der Waals surface area contributed by atoms with Gasteiger partial charge in [0, 0.05) is 25.1 Å². The summed E-state index contributed by atoms with van der Waals surface area (Å²) in [6.07, 6.45) is 3.73. The van der Waals surface area contributed by atoms with E-state index in [0.717, 1.165) is 22.3 Å². The maximum absolute atomic E-state index is 11.2. The number of rotatable bonds is 3. The number of hydrogen-bond acceptors (Lipinski definition) is 3. The lowest BCUT2D eigenvalue weighted by molar-refractivity contribution is 0.0992. The first kappa shape index (κ1) is 13.6. The molecule has 21 heavy (non-hydrogen) atoms. The van der Waals surface area contributed by atoms with Crippen molar-refractivity contribution in [1.82, 2.24) is 14.5 Å². The van der Waals surface area contributed by atoms with Crippen LogP contribution < -0.4 is 5.73 Å². The second-order valence-electron chi connectivity index (χ2n) is 4.84. The van der Waals surface area contributed by atoms with Gasteiger partial charge >= 0.3 is 0 Å². The van der Waals surface area contributed by atoms with E-state index in [1.54, 1.807) is 17.8 Å². The monoisotopic (exact) mass is 300 g/mol. The Morgan fingerprint density at radius 3 is 2.81 bits per heavy atom. The molecule has 0 fully saturated rings. The minimum Gasteiger partial charge on any atom is -0.364 e. The third-order valence-electron chi connectivity index (χ3n) is 3.41. The van der Waals surface area contributed by atoms with Crippen LogP contribution in [-0.4, -0.2) is 20.4 Å². The predicted octanol–water partition coefficient (Wildman–Crippen LogP) is 2.31. The lowest BCUT2D eigenvalue weighted by Gasteiger charge is -2.05. The van der Waals surface area contributed by atoms with Gasteiger partial charge in [0.15, 0.2) is 0 Å². The maximum atomic E-state index is 11.2. The van der Waals surface area contributed by atoms with Crippen molar-refractivity contribution >= 4 is 28.4 Å². The van der Waals surface area contributed by atoms with Gasteiger partial charge in [-0.15, -0.1) is 0 Å². The fraction of sp³-hybridized carbons (Fsp3) is 0.133. The Balaban J connectivity index is 1.96. The Bertz CT molecular complexity index is 841. The van der Waals surface area contributed by atoms with E-state index in [0.29, 0.717) is 17.1 Å². The number of nitrogens with zero attached hydrogens (tertiary/aromatic N) is 3. The highest BCUT2D eigenvalue weighted by molar-refractivity contribution is 6.31. The average molecular weight is 301 g/mol. The van der Waals surface area contributed by atoms with Gasteiger partial charge in [0.05, 0.1) is 16.7 Å². The average Bonchev–Trinajstić information content (AvgIpc) is 2.80. The van der Waals surface area contributed by atoms with Gasteiger partial charge in [-0.1, -0.05) is 17.7 Å². The highest BCUT2D eigenvalue weighted by Gasteiger charge is 2.11. The van der Waals surface area contributed by atoms with Crippen LogP contribution in [0.2, 0.25) is 5.02 Å². The van der Waals surface area contributed by atoms with Crippen molar-refractivity contribution in [1.29, 1.82) is 0 Å². The molecular formula is C15H13ClN4O. The zero-order chi connectivity index (χ0) is 15.0. The van der Waals surface area contributed by atoms with E-state index in [2.05, 4.69) is 9.97 Å². The first-order valence-corrected chi connectivity index (χ1v) is 6.77. The van der Waals surface area contributed by atoms with E-state index in [4.69, 9.17) is 17.3 Å². The summed E-state index contributed by atoms with van der Waals surface area (Å²) in [4.78, 5) is 19.7. The molecule has 5 nitrogen and oxygen atoms in total. The van der Waals surface area contributed by atoms with Gasteiger partial charge in [-0.25, -0.2) is 4.98 Å². The molecule has 2 aromatic heterocycles. The zero-order valence-corrected chi connectivity index (χ0v) is 12.1. The van der Waals surface area contributed by atoms with Crippen molar-refractivity contribution in [3.05, 3.63) is 58.8 Å². The summed E-state index contributed by atoms with van der Waals surface area (Å²) in [5, 5.41) is 1.58. The molecule has 1 amide bonds. The number of benzene rings is 1. The van der Waals surface area contributed by atoms with Crippen LogP contribution in [0.4, 0.5) is 0 Å². The van der Waals surface area contributed by atoms with Crippen LogP contribution in [0.1, 0.15) is 21.9 Å². The SMILES string of the molecule is Cn1c(C(N)=O)cnc1Cc1ccc2ncc(Cl)cc2c1. The molecule has 6 heteroatoms. The van der Waals surface area contributed by atoms with Crippen molar-refractivity contribution < 1.29 is 4.79 Å². The van der Waals surface area contributed by atoms with Crippen LogP contribution in [0.3, 0.4) is 0 Å². The number of carbonyl (C=O) groups excluding carboxylic acids is 1. The van der Waals surface area contributed by atoms with E-state index in [9.17, 15) is 4.79 Å². The molecule has 0 bridgehead atoms. The molecule has 106 valence electrons. The Hall–Kier alpha value is -2.40. The van der Waals surface area contributed by atoms with Gasteiger partial charge in [-0.05, 0) is 23.8 Å². The summed E-state index contributed by atoms with van der Waals surface area (Å²) >= 11 is 5.96. The van der Waals surface area contributed by atoms with E-state index >= 15 is 0 Å². The van der Waals surface area contributed by atoms with Gasteiger partial charge in [0.1, 0.15) is 11.5 Å². The number of pyridine rings is 1. The number of imidazole rings is 1. The van der Waals surface area contributed by atoms with Crippen LogP contribution in [-0.2, 0) is 13.5 Å². The van der Waals surface area contributed by atoms with Gasteiger partial charge in [0.2, 0.25) is 0 Å². The van der Waals surface area contributed by atoms with Crippen LogP contribution in [0.15, 0.2) is 36.7 Å². The van der Waals surface area contributed by atoms with E-state index < -0.39 is 5.91 Å². The number of hydrogen-bond donors (Lipinski definition) is 1. The number of fused-ring (bicyclic) bond motifs is 1. The third-order valence-corrected chi connectivity index (χ3v) is 3.62. The van der Waals surface area contributed by atoms with E-state index in [1.807, 2.05) is 24.3 Å². The summed E-state index contributed by atoms with van der Waals surface area (Å²) in [5.74, 6) is 0.295. The fourth-order valence-electron chi connectivity index (χ4n) is 2.29. The second-order valence-corrected chi connectivity index (χ2v) is 5.28. The summed E-state index contributed by atoms with van der Waals surface area (Å²) in [6.45, 7) is 0.